The fraction of sp³-hybridized carbons (Fsp3) is 0.467. The Kier molecular flexibility index (Phi) is 4.65. The minimum atomic E-state index is -0.435. The zero-order chi connectivity index (χ0) is 14.7. The van der Waals surface area contributed by atoms with Crippen LogP contribution in [-0.2, 0) is 16.1 Å². The number of halogens is 1. The van der Waals surface area contributed by atoms with Gasteiger partial charge in [0.25, 0.3) is 0 Å². The lowest BCUT2D eigenvalue weighted by Gasteiger charge is -2.28. The van der Waals surface area contributed by atoms with Crippen LogP contribution in [0.3, 0.4) is 0 Å². The Morgan fingerprint density at radius 1 is 1.35 bits per heavy atom. The highest BCUT2D eigenvalue weighted by molar-refractivity contribution is 6.31. The third-order valence-electron chi connectivity index (χ3n) is 3.64. The van der Waals surface area contributed by atoms with Crippen LogP contribution in [0.2, 0.25) is 5.02 Å². The van der Waals surface area contributed by atoms with Gasteiger partial charge in [0.2, 0.25) is 11.8 Å². The summed E-state index contributed by atoms with van der Waals surface area (Å²) in [6.07, 6.45) is 0.920. The van der Waals surface area contributed by atoms with Gasteiger partial charge in [0.05, 0.1) is 0 Å². The summed E-state index contributed by atoms with van der Waals surface area (Å²) < 4.78 is 0. The molecule has 0 aliphatic carbocycles. The first-order valence-electron chi connectivity index (χ1n) is 6.86. The Labute approximate surface area is 124 Å². The number of carbonyl (C=O) groups is 2. The zero-order valence-corrected chi connectivity index (χ0v) is 12.5. The van der Waals surface area contributed by atoms with Crippen molar-refractivity contribution in [2.24, 2.45) is 0 Å². The molecular weight excluding hydrogens is 276 g/mol. The SMILES string of the molecule is CCC1NC(=O)CC(C)N(Cc2ccccc2Cl)C1=O. The number of hydrogen-bond donors (Lipinski definition) is 1. The first-order valence-corrected chi connectivity index (χ1v) is 7.24. The van der Waals surface area contributed by atoms with Crippen molar-refractivity contribution in [3.8, 4) is 0 Å². The van der Waals surface area contributed by atoms with Crippen molar-refractivity contribution in [3.05, 3.63) is 34.9 Å². The highest BCUT2D eigenvalue weighted by Gasteiger charge is 2.33. The lowest BCUT2D eigenvalue weighted by molar-refractivity contribution is -0.135. The van der Waals surface area contributed by atoms with E-state index in [1.54, 1.807) is 4.90 Å². The molecule has 20 heavy (non-hydrogen) atoms. The Morgan fingerprint density at radius 3 is 2.70 bits per heavy atom. The molecule has 2 unspecified atom stereocenters. The summed E-state index contributed by atoms with van der Waals surface area (Å²) in [5.41, 5.74) is 0.901. The number of rotatable bonds is 3. The van der Waals surface area contributed by atoms with Gasteiger partial charge in [0.1, 0.15) is 6.04 Å². The number of nitrogens with zero attached hydrogens (tertiary/aromatic N) is 1. The average Bonchev–Trinajstić information content (AvgIpc) is 2.51. The Hall–Kier alpha value is -1.55. The topological polar surface area (TPSA) is 49.4 Å². The van der Waals surface area contributed by atoms with Crippen LogP contribution in [0.1, 0.15) is 32.3 Å². The van der Waals surface area contributed by atoms with Crippen LogP contribution in [0, 0.1) is 0 Å². The average molecular weight is 295 g/mol. The Balaban J connectivity index is 2.25. The molecule has 1 aromatic rings. The zero-order valence-electron chi connectivity index (χ0n) is 11.7. The third-order valence-corrected chi connectivity index (χ3v) is 4.00. The fourth-order valence-electron chi connectivity index (χ4n) is 2.43. The Bertz CT molecular complexity index is 518. The molecule has 1 fully saturated rings. The van der Waals surface area contributed by atoms with Crippen LogP contribution in [0.5, 0.6) is 0 Å². The molecule has 1 aromatic carbocycles. The van der Waals surface area contributed by atoms with Gasteiger partial charge in [-0.25, -0.2) is 0 Å². The maximum absolute atomic E-state index is 12.5. The number of hydrogen-bond acceptors (Lipinski definition) is 2. The molecule has 2 amide bonds. The minimum absolute atomic E-state index is 0.0363. The van der Waals surface area contributed by atoms with E-state index in [2.05, 4.69) is 5.32 Å². The molecule has 0 aromatic heterocycles. The highest BCUT2D eigenvalue weighted by Crippen LogP contribution is 2.21. The number of nitrogens with one attached hydrogen (secondary N) is 1. The van der Waals surface area contributed by atoms with Gasteiger partial charge in [0, 0.05) is 24.0 Å². The molecule has 0 saturated carbocycles. The standard InChI is InChI=1S/C15H19ClN2O2/c1-3-13-15(20)18(10(2)8-14(19)17-13)9-11-6-4-5-7-12(11)16/h4-7,10,13H,3,8-9H2,1-2H3,(H,17,19). The fourth-order valence-corrected chi connectivity index (χ4v) is 2.63. The second-order valence-corrected chi connectivity index (χ2v) is 5.55. The molecule has 2 rings (SSSR count). The van der Waals surface area contributed by atoms with E-state index in [-0.39, 0.29) is 17.9 Å². The van der Waals surface area contributed by atoms with E-state index in [0.29, 0.717) is 24.4 Å². The van der Waals surface area contributed by atoms with Crippen LogP contribution in [0.4, 0.5) is 0 Å². The molecule has 1 N–H and O–H groups in total. The van der Waals surface area contributed by atoms with Gasteiger partial charge in [-0.15, -0.1) is 0 Å². The van der Waals surface area contributed by atoms with E-state index in [1.807, 2.05) is 38.1 Å². The summed E-state index contributed by atoms with van der Waals surface area (Å²) in [6.45, 7) is 4.23. The van der Waals surface area contributed by atoms with Crippen molar-refractivity contribution >= 4 is 23.4 Å². The van der Waals surface area contributed by atoms with Crippen molar-refractivity contribution in [1.82, 2.24) is 10.2 Å². The first-order chi connectivity index (χ1) is 9.52. The van der Waals surface area contributed by atoms with E-state index < -0.39 is 6.04 Å². The van der Waals surface area contributed by atoms with E-state index in [9.17, 15) is 9.59 Å². The Morgan fingerprint density at radius 2 is 2.05 bits per heavy atom. The maximum atomic E-state index is 12.5. The quantitative estimate of drug-likeness (QED) is 0.930. The van der Waals surface area contributed by atoms with Crippen molar-refractivity contribution < 1.29 is 9.59 Å². The predicted octanol–water partition coefficient (Wildman–Crippen LogP) is 2.36. The normalized spacial score (nSPS) is 23.4. The van der Waals surface area contributed by atoms with Crippen LogP contribution in [0.15, 0.2) is 24.3 Å². The molecule has 0 radical (unpaired) electrons. The predicted molar refractivity (Wildman–Crippen MR) is 78.3 cm³/mol. The first kappa shape index (κ1) is 14.9. The van der Waals surface area contributed by atoms with E-state index >= 15 is 0 Å². The van der Waals surface area contributed by atoms with Gasteiger partial charge in [-0.1, -0.05) is 36.7 Å². The van der Waals surface area contributed by atoms with Gasteiger partial charge >= 0.3 is 0 Å². The molecule has 4 nitrogen and oxygen atoms in total. The largest absolute Gasteiger partial charge is 0.344 e. The van der Waals surface area contributed by atoms with E-state index in [4.69, 9.17) is 11.6 Å². The molecule has 1 heterocycles. The summed E-state index contributed by atoms with van der Waals surface area (Å²) in [7, 11) is 0. The van der Waals surface area contributed by atoms with Gasteiger partial charge < -0.3 is 10.2 Å². The van der Waals surface area contributed by atoms with Crippen molar-refractivity contribution in [2.45, 2.75) is 45.3 Å². The highest BCUT2D eigenvalue weighted by atomic mass is 35.5. The monoisotopic (exact) mass is 294 g/mol. The summed E-state index contributed by atoms with van der Waals surface area (Å²) in [4.78, 5) is 26.0. The lowest BCUT2D eigenvalue weighted by atomic mass is 10.1. The molecule has 1 aliphatic heterocycles. The van der Waals surface area contributed by atoms with E-state index in [0.717, 1.165) is 5.56 Å². The van der Waals surface area contributed by atoms with Crippen molar-refractivity contribution in [3.63, 3.8) is 0 Å². The molecule has 1 aliphatic rings. The molecular formula is C15H19ClN2O2. The van der Waals surface area contributed by atoms with Gasteiger partial charge in [0.15, 0.2) is 0 Å². The smallest absolute Gasteiger partial charge is 0.245 e. The van der Waals surface area contributed by atoms with Gasteiger partial charge in [-0.2, -0.15) is 0 Å². The summed E-state index contributed by atoms with van der Waals surface area (Å²) in [5.74, 6) is -0.106. The van der Waals surface area contributed by atoms with Crippen LogP contribution in [-0.4, -0.2) is 28.8 Å². The molecule has 5 heteroatoms. The molecule has 108 valence electrons. The number of carbonyl (C=O) groups excluding carboxylic acids is 2. The molecule has 0 spiro atoms. The van der Waals surface area contributed by atoms with Gasteiger partial charge in [-0.05, 0) is 25.0 Å². The van der Waals surface area contributed by atoms with Crippen LogP contribution < -0.4 is 5.32 Å². The minimum Gasteiger partial charge on any atom is -0.344 e. The number of amides is 2. The summed E-state index contributed by atoms with van der Waals surface area (Å²) in [6, 6.07) is 6.91. The van der Waals surface area contributed by atoms with Crippen molar-refractivity contribution in [1.29, 1.82) is 0 Å². The molecule has 0 bridgehead atoms. The number of benzene rings is 1. The van der Waals surface area contributed by atoms with Crippen molar-refractivity contribution in [2.75, 3.05) is 0 Å². The second-order valence-electron chi connectivity index (χ2n) is 5.14. The maximum Gasteiger partial charge on any atom is 0.245 e. The summed E-state index contributed by atoms with van der Waals surface area (Å²) >= 11 is 6.16. The third kappa shape index (κ3) is 3.12. The van der Waals surface area contributed by atoms with Crippen LogP contribution >= 0.6 is 11.6 Å². The van der Waals surface area contributed by atoms with Crippen LogP contribution in [0.25, 0.3) is 0 Å². The summed E-state index contributed by atoms with van der Waals surface area (Å²) in [5, 5.41) is 3.42. The lowest BCUT2D eigenvalue weighted by Crippen LogP contribution is -2.45. The second kappa shape index (κ2) is 6.27. The molecule has 1 saturated heterocycles. The van der Waals surface area contributed by atoms with Gasteiger partial charge in [-0.3, -0.25) is 9.59 Å². The van der Waals surface area contributed by atoms with E-state index in [1.165, 1.54) is 0 Å². The molecule has 2 atom stereocenters.